The zero-order chi connectivity index (χ0) is 14.1. The minimum atomic E-state index is -0.458. The van der Waals surface area contributed by atoms with Crippen LogP contribution in [0.5, 0.6) is 0 Å². The summed E-state index contributed by atoms with van der Waals surface area (Å²) in [5.74, 6) is 0.190. The highest BCUT2D eigenvalue weighted by atomic mass is 16.5. The van der Waals surface area contributed by atoms with Crippen molar-refractivity contribution < 1.29 is 9.53 Å². The number of nitrogens with two attached hydrogens (primary N) is 1. The van der Waals surface area contributed by atoms with Crippen LogP contribution in [0.1, 0.15) is 34.6 Å². The minimum Gasteiger partial charge on any atom is -0.465 e. The summed E-state index contributed by atoms with van der Waals surface area (Å²) in [6, 6.07) is 1.65. The second-order valence-electron chi connectivity index (χ2n) is 4.84. The summed E-state index contributed by atoms with van der Waals surface area (Å²) >= 11 is 0. The number of carbonyl (C=O) groups excluding carboxylic acids is 1. The Kier molecular flexibility index (Phi) is 3.14. The molecule has 1 aliphatic carbocycles. The van der Waals surface area contributed by atoms with Crippen molar-refractivity contribution in [1.82, 2.24) is 14.5 Å². The molecule has 2 N–H and O–H groups in total. The van der Waals surface area contributed by atoms with E-state index in [2.05, 4.69) is 9.97 Å². The lowest BCUT2D eigenvalue weighted by Gasteiger charge is -2.14. The maximum atomic E-state index is 11.7. The highest BCUT2D eigenvalue weighted by molar-refractivity contribution is 5.95. The van der Waals surface area contributed by atoms with Crippen molar-refractivity contribution in [3.05, 3.63) is 35.5 Å². The largest absolute Gasteiger partial charge is 0.465 e. The number of nitrogen functional groups attached to an aromatic ring is 1. The molecule has 0 fully saturated rings. The highest BCUT2D eigenvalue weighted by Gasteiger charge is 2.18. The molecule has 6 nitrogen and oxygen atoms in total. The lowest BCUT2D eigenvalue weighted by Crippen LogP contribution is -2.11. The Bertz CT molecular complexity index is 663. The van der Waals surface area contributed by atoms with Crippen molar-refractivity contribution in [3.63, 3.8) is 0 Å². The molecule has 0 amide bonds. The van der Waals surface area contributed by atoms with Gasteiger partial charge in [-0.15, -0.1) is 0 Å². The molecule has 0 saturated heterocycles. The Morgan fingerprint density at radius 2 is 2.15 bits per heavy atom. The van der Waals surface area contributed by atoms with Crippen molar-refractivity contribution in [2.75, 3.05) is 12.8 Å². The summed E-state index contributed by atoms with van der Waals surface area (Å²) in [5, 5.41) is 0. The van der Waals surface area contributed by atoms with Crippen LogP contribution >= 0.6 is 0 Å². The Morgan fingerprint density at radius 1 is 1.35 bits per heavy atom. The lowest BCUT2D eigenvalue weighted by atomic mass is 10.0. The van der Waals surface area contributed by atoms with Crippen LogP contribution in [0, 0.1) is 0 Å². The van der Waals surface area contributed by atoms with Gasteiger partial charge in [-0.25, -0.2) is 14.8 Å². The van der Waals surface area contributed by atoms with E-state index in [1.807, 2.05) is 4.57 Å². The number of anilines is 1. The van der Waals surface area contributed by atoms with E-state index in [9.17, 15) is 4.79 Å². The summed E-state index contributed by atoms with van der Waals surface area (Å²) in [5.41, 5.74) is 8.70. The number of pyridine rings is 1. The van der Waals surface area contributed by atoms with E-state index in [0.717, 1.165) is 25.0 Å². The fourth-order valence-corrected chi connectivity index (χ4v) is 2.54. The van der Waals surface area contributed by atoms with Gasteiger partial charge >= 0.3 is 5.97 Å². The quantitative estimate of drug-likeness (QED) is 0.838. The SMILES string of the molecule is COC(=O)c1cc(-n2cnc3c2CCCC3)ncc1N. The third-order valence-electron chi connectivity index (χ3n) is 3.60. The highest BCUT2D eigenvalue weighted by Crippen LogP contribution is 2.23. The van der Waals surface area contributed by atoms with Gasteiger partial charge in [0.2, 0.25) is 0 Å². The van der Waals surface area contributed by atoms with Crippen LogP contribution in [0.3, 0.4) is 0 Å². The summed E-state index contributed by atoms with van der Waals surface area (Å²) in [6.07, 6.45) is 7.55. The van der Waals surface area contributed by atoms with Gasteiger partial charge in [0.05, 0.1) is 30.3 Å². The molecule has 0 bridgehead atoms. The molecule has 0 unspecified atom stereocenters. The molecule has 2 heterocycles. The maximum Gasteiger partial charge on any atom is 0.340 e. The fourth-order valence-electron chi connectivity index (χ4n) is 2.54. The van der Waals surface area contributed by atoms with Crippen molar-refractivity contribution in [2.45, 2.75) is 25.7 Å². The predicted octanol–water partition coefficient (Wildman–Crippen LogP) is 1.51. The molecule has 0 aromatic carbocycles. The molecule has 0 aliphatic heterocycles. The maximum absolute atomic E-state index is 11.7. The van der Waals surface area contributed by atoms with E-state index in [1.54, 1.807) is 12.4 Å². The summed E-state index contributed by atoms with van der Waals surface area (Å²) in [7, 11) is 1.33. The number of hydrogen-bond acceptors (Lipinski definition) is 5. The third-order valence-corrected chi connectivity index (χ3v) is 3.60. The van der Waals surface area contributed by atoms with Crippen LogP contribution in [0.4, 0.5) is 5.69 Å². The Hall–Kier alpha value is -2.37. The molecule has 3 rings (SSSR count). The van der Waals surface area contributed by atoms with Crippen molar-refractivity contribution in [1.29, 1.82) is 0 Å². The monoisotopic (exact) mass is 272 g/mol. The molecule has 2 aromatic rings. The zero-order valence-electron chi connectivity index (χ0n) is 11.3. The van der Waals surface area contributed by atoms with Crippen LogP contribution in [-0.2, 0) is 17.6 Å². The van der Waals surface area contributed by atoms with E-state index in [-0.39, 0.29) is 0 Å². The van der Waals surface area contributed by atoms with Gasteiger partial charge in [-0.1, -0.05) is 0 Å². The van der Waals surface area contributed by atoms with Crippen LogP contribution in [0.25, 0.3) is 5.82 Å². The van der Waals surface area contributed by atoms with E-state index in [0.29, 0.717) is 17.1 Å². The number of hydrogen-bond donors (Lipinski definition) is 1. The first-order valence-corrected chi connectivity index (χ1v) is 6.60. The van der Waals surface area contributed by atoms with Crippen LogP contribution in [-0.4, -0.2) is 27.6 Å². The first kappa shape index (κ1) is 12.7. The van der Waals surface area contributed by atoms with Gasteiger partial charge in [0.15, 0.2) is 0 Å². The summed E-state index contributed by atoms with van der Waals surface area (Å²) < 4.78 is 6.66. The zero-order valence-corrected chi connectivity index (χ0v) is 11.3. The molecule has 2 aromatic heterocycles. The van der Waals surface area contributed by atoms with Gasteiger partial charge in [0.1, 0.15) is 12.1 Å². The molecule has 20 heavy (non-hydrogen) atoms. The van der Waals surface area contributed by atoms with Gasteiger partial charge < -0.3 is 10.5 Å². The first-order chi connectivity index (χ1) is 9.70. The molecule has 1 aliphatic rings. The van der Waals surface area contributed by atoms with Gasteiger partial charge in [0, 0.05) is 5.69 Å². The number of fused-ring (bicyclic) bond motifs is 1. The molecular formula is C14H16N4O2. The number of carbonyl (C=O) groups is 1. The van der Waals surface area contributed by atoms with Crippen LogP contribution < -0.4 is 5.73 Å². The second kappa shape index (κ2) is 4.96. The van der Waals surface area contributed by atoms with Crippen molar-refractivity contribution in [3.8, 4) is 5.82 Å². The average Bonchev–Trinajstić information content (AvgIpc) is 2.91. The Labute approximate surface area is 116 Å². The van der Waals surface area contributed by atoms with Gasteiger partial charge in [0.25, 0.3) is 0 Å². The van der Waals surface area contributed by atoms with Crippen LogP contribution in [0.2, 0.25) is 0 Å². The van der Waals surface area contributed by atoms with Gasteiger partial charge in [-0.2, -0.15) is 0 Å². The second-order valence-corrected chi connectivity index (χ2v) is 4.84. The number of aryl methyl sites for hydroxylation is 1. The number of esters is 1. The summed E-state index contributed by atoms with van der Waals surface area (Å²) in [4.78, 5) is 20.4. The minimum absolute atomic E-state index is 0.314. The number of aromatic nitrogens is 3. The smallest absolute Gasteiger partial charge is 0.340 e. The van der Waals surface area contributed by atoms with E-state index < -0.39 is 5.97 Å². The molecule has 0 spiro atoms. The normalized spacial score (nSPS) is 13.8. The van der Waals surface area contributed by atoms with Crippen molar-refractivity contribution in [2.24, 2.45) is 0 Å². The molecular weight excluding hydrogens is 256 g/mol. The number of rotatable bonds is 2. The molecule has 0 radical (unpaired) electrons. The molecule has 0 atom stereocenters. The molecule has 6 heteroatoms. The van der Waals surface area contributed by atoms with Gasteiger partial charge in [-0.05, 0) is 31.7 Å². The number of ether oxygens (including phenoxy) is 1. The number of methoxy groups -OCH3 is 1. The predicted molar refractivity (Wildman–Crippen MR) is 73.8 cm³/mol. The third kappa shape index (κ3) is 2.03. The molecule has 0 saturated carbocycles. The Morgan fingerprint density at radius 3 is 2.95 bits per heavy atom. The Balaban J connectivity index is 2.06. The van der Waals surface area contributed by atoms with Gasteiger partial charge in [-0.3, -0.25) is 4.57 Å². The standard InChI is InChI=1S/C14H16N4O2/c1-20-14(19)9-6-13(16-7-10(9)15)18-8-17-11-4-2-3-5-12(11)18/h6-8H,2-5,15H2,1H3. The number of nitrogens with zero attached hydrogens (tertiary/aromatic N) is 3. The fraction of sp³-hybridized carbons (Fsp3) is 0.357. The first-order valence-electron chi connectivity index (χ1n) is 6.60. The van der Waals surface area contributed by atoms with E-state index in [4.69, 9.17) is 10.5 Å². The average molecular weight is 272 g/mol. The topological polar surface area (TPSA) is 83.0 Å². The van der Waals surface area contributed by atoms with Crippen LogP contribution in [0.15, 0.2) is 18.6 Å². The number of imidazole rings is 1. The molecule has 104 valence electrons. The van der Waals surface area contributed by atoms with E-state index >= 15 is 0 Å². The lowest BCUT2D eigenvalue weighted by molar-refractivity contribution is 0.0602. The van der Waals surface area contributed by atoms with E-state index in [1.165, 1.54) is 25.4 Å². The van der Waals surface area contributed by atoms with Crippen molar-refractivity contribution >= 4 is 11.7 Å². The summed E-state index contributed by atoms with van der Waals surface area (Å²) in [6.45, 7) is 0.